The maximum atomic E-state index is 10.8. The van der Waals surface area contributed by atoms with Crippen LogP contribution in [0.25, 0.3) is 0 Å². The molecule has 0 atom stereocenters. The minimum absolute atomic E-state index is 0.0863. The van der Waals surface area contributed by atoms with E-state index in [0.717, 1.165) is 11.4 Å². The van der Waals surface area contributed by atoms with Crippen molar-refractivity contribution in [2.24, 2.45) is 0 Å². The Bertz CT molecular complexity index is 274. The molecule has 0 saturated carbocycles. The molecular formula is C8H10N2O. The van der Waals surface area contributed by atoms with E-state index in [1.165, 1.54) is 6.92 Å². The van der Waals surface area contributed by atoms with Gasteiger partial charge >= 0.3 is 0 Å². The Labute approximate surface area is 65.5 Å². The van der Waals surface area contributed by atoms with Crippen LogP contribution in [0.5, 0.6) is 0 Å². The first kappa shape index (κ1) is 7.85. The molecule has 0 unspecified atom stereocenters. The van der Waals surface area contributed by atoms with Crippen LogP contribution < -0.4 is 0 Å². The number of aryl methyl sites for hydroxylation is 2. The van der Waals surface area contributed by atoms with Crippen LogP contribution in [0, 0.1) is 13.8 Å². The number of nitrogens with zero attached hydrogens (tertiary/aromatic N) is 2. The van der Waals surface area contributed by atoms with E-state index >= 15 is 0 Å². The maximum absolute atomic E-state index is 10.8. The number of Topliss-reactive ketones (excluding diaryl/α,β-unsaturated/α-hetero) is 1. The van der Waals surface area contributed by atoms with Crippen LogP contribution in [-0.4, -0.2) is 15.8 Å². The number of aromatic nitrogens is 2. The number of hydrogen-bond acceptors (Lipinski definition) is 3. The molecule has 0 saturated heterocycles. The lowest BCUT2D eigenvalue weighted by molar-refractivity contribution is 0.100. The summed E-state index contributed by atoms with van der Waals surface area (Å²) in [6.45, 7) is 5.16. The van der Waals surface area contributed by atoms with Gasteiger partial charge in [-0.3, -0.25) is 4.79 Å². The summed E-state index contributed by atoms with van der Waals surface area (Å²) in [5.74, 6) is 0.222. The summed E-state index contributed by atoms with van der Waals surface area (Å²) in [6.07, 6.45) is 0. The fourth-order valence-electron chi connectivity index (χ4n) is 0.883. The molecular weight excluding hydrogens is 140 g/mol. The highest BCUT2D eigenvalue weighted by molar-refractivity contribution is 5.90. The Morgan fingerprint density at radius 2 is 1.73 bits per heavy atom. The Morgan fingerprint density at radius 3 is 2.09 bits per heavy atom. The van der Waals surface area contributed by atoms with Crippen LogP contribution in [0.4, 0.5) is 0 Å². The Kier molecular flexibility index (Phi) is 1.98. The molecule has 1 rings (SSSR count). The predicted molar refractivity (Wildman–Crippen MR) is 41.5 cm³/mol. The summed E-state index contributed by atoms with van der Waals surface area (Å²) in [6, 6.07) is 1.84. The van der Waals surface area contributed by atoms with Gasteiger partial charge in [-0.15, -0.1) is 0 Å². The van der Waals surface area contributed by atoms with E-state index in [1.807, 2.05) is 19.9 Å². The molecule has 0 aromatic carbocycles. The first-order valence-corrected chi connectivity index (χ1v) is 3.43. The molecule has 1 aromatic heterocycles. The first-order chi connectivity index (χ1) is 5.09. The van der Waals surface area contributed by atoms with Crippen LogP contribution in [0.15, 0.2) is 6.07 Å². The summed E-state index contributed by atoms with van der Waals surface area (Å²) < 4.78 is 0. The number of carbonyl (C=O) groups excluding carboxylic acids is 1. The Balaban J connectivity index is 3.19. The largest absolute Gasteiger partial charge is 0.291 e. The van der Waals surface area contributed by atoms with E-state index in [0.29, 0.717) is 5.82 Å². The van der Waals surface area contributed by atoms with Gasteiger partial charge in [0.25, 0.3) is 0 Å². The third-order valence-corrected chi connectivity index (χ3v) is 1.30. The highest BCUT2D eigenvalue weighted by atomic mass is 16.1. The van der Waals surface area contributed by atoms with Crippen molar-refractivity contribution in [2.75, 3.05) is 0 Å². The van der Waals surface area contributed by atoms with Gasteiger partial charge in [0.1, 0.15) is 0 Å². The van der Waals surface area contributed by atoms with Gasteiger partial charge in [-0.25, -0.2) is 9.97 Å². The number of ketones is 1. The molecule has 3 nitrogen and oxygen atoms in total. The van der Waals surface area contributed by atoms with Gasteiger partial charge < -0.3 is 0 Å². The molecule has 0 aliphatic carbocycles. The van der Waals surface area contributed by atoms with Crippen LogP contribution in [-0.2, 0) is 0 Å². The molecule has 0 fully saturated rings. The molecule has 58 valence electrons. The van der Waals surface area contributed by atoms with E-state index < -0.39 is 0 Å². The molecule has 0 bridgehead atoms. The van der Waals surface area contributed by atoms with Crippen molar-refractivity contribution >= 4 is 5.78 Å². The van der Waals surface area contributed by atoms with Crippen LogP contribution >= 0.6 is 0 Å². The minimum Gasteiger partial charge on any atom is -0.291 e. The molecule has 0 radical (unpaired) electrons. The molecule has 0 N–H and O–H groups in total. The molecule has 0 aliphatic rings. The number of rotatable bonds is 1. The van der Waals surface area contributed by atoms with Gasteiger partial charge in [0.2, 0.25) is 0 Å². The van der Waals surface area contributed by atoms with Crippen molar-refractivity contribution in [3.8, 4) is 0 Å². The Hall–Kier alpha value is -1.25. The van der Waals surface area contributed by atoms with E-state index in [-0.39, 0.29) is 5.78 Å². The standard InChI is InChI=1S/C8H10N2O/c1-5-4-6(2)10-8(9-5)7(3)11/h4H,1-3H3. The van der Waals surface area contributed by atoms with Crippen molar-refractivity contribution in [1.82, 2.24) is 9.97 Å². The summed E-state index contributed by atoms with van der Waals surface area (Å²) in [4.78, 5) is 18.8. The molecule has 0 aliphatic heterocycles. The van der Waals surface area contributed by atoms with Crippen LogP contribution in [0.2, 0.25) is 0 Å². The lowest BCUT2D eigenvalue weighted by Gasteiger charge is -1.97. The second-order valence-electron chi connectivity index (χ2n) is 2.53. The highest BCUT2D eigenvalue weighted by Gasteiger charge is 2.02. The summed E-state index contributed by atoms with van der Waals surface area (Å²) in [7, 11) is 0. The van der Waals surface area contributed by atoms with Crippen molar-refractivity contribution in [3.63, 3.8) is 0 Å². The zero-order valence-corrected chi connectivity index (χ0v) is 6.88. The second kappa shape index (κ2) is 2.78. The molecule has 11 heavy (non-hydrogen) atoms. The van der Waals surface area contributed by atoms with Crippen molar-refractivity contribution < 1.29 is 4.79 Å². The third-order valence-electron chi connectivity index (χ3n) is 1.30. The van der Waals surface area contributed by atoms with Gasteiger partial charge in [-0.2, -0.15) is 0 Å². The van der Waals surface area contributed by atoms with Gasteiger partial charge in [0.05, 0.1) is 0 Å². The van der Waals surface area contributed by atoms with E-state index in [4.69, 9.17) is 0 Å². The van der Waals surface area contributed by atoms with Crippen molar-refractivity contribution in [1.29, 1.82) is 0 Å². The van der Waals surface area contributed by atoms with E-state index in [9.17, 15) is 4.79 Å². The molecule has 0 amide bonds. The van der Waals surface area contributed by atoms with E-state index in [2.05, 4.69) is 9.97 Å². The van der Waals surface area contributed by atoms with Gasteiger partial charge in [-0.1, -0.05) is 0 Å². The van der Waals surface area contributed by atoms with Crippen LogP contribution in [0.1, 0.15) is 28.9 Å². The van der Waals surface area contributed by atoms with Crippen molar-refractivity contribution in [2.45, 2.75) is 20.8 Å². The summed E-state index contributed by atoms with van der Waals surface area (Å²) >= 11 is 0. The van der Waals surface area contributed by atoms with Gasteiger partial charge in [-0.05, 0) is 19.9 Å². The maximum Gasteiger partial charge on any atom is 0.196 e. The van der Waals surface area contributed by atoms with Gasteiger partial charge in [0.15, 0.2) is 11.6 Å². The average Bonchev–Trinajstić information content (AvgIpc) is 1.85. The molecule has 3 heteroatoms. The monoisotopic (exact) mass is 150 g/mol. The normalized spacial score (nSPS) is 9.73. The fraction of sp³-hybridized carbons (Fsp3) is 0.375. The molecule has 1 aromatic rings. The van der Waals surface area contributed by atoms with E-state index in [1.54, 1.807) is 0 Å². The van der Waals surface area contributed by atoms with Crippen LogP contribution in [0.3, 0.4) is 0 Å². The Morgan fingerprint density at radius 1 is 1.27 bits per heavy atom. The molecule has 1 heterocycles. The topological polar surface area (TPSA) is 42.9 Å². The lowest BCUT2D eigenvalue weighted by Crippen LogP contribution is -2.03. The SMILES string of the molecule is CC(=O)c1nc(C)cc(C)n1. The number of hydrogen-bond donors (Lipinski definition) is 0. The molecule has 0 spiro atoms. The summed E-state index contributed by atoms with van der Waals surface area (Å²) in [5, 5.41) is 0. The fourth-order valence-corrected chi connectivity index (χ4v) is 0.883. The summed E-state index contributed by atoms with van der Waals surface area (Å²) in [5.41, 5.74) is 1.67. The highest BCUT2D eigenvalue weighted by Crippen LogP contribution is 1.99. The quantitative estimate of drug-likeness (QED) is 0.566. The lowest BCUT2D eigenvalue weighted by atomic mass is 10.3. The predicted octanol–water partition coefficient (Wildman–Crippen LogP) is 1.30. The third kappa shape index (κ3) is 1.83. The zero-order valence-electron chi connectivity index (χ0n) is 6.88. The van der Waals surface area contributed by atoms with Gasteiger partial charge in [0, 0.05) is 18.3 Å². The first-order valence-electron chi connectivity index (χ1n) is 3.43. The average molecular weight is 150 g/mol. The zero-order chi connectivity index (χ0) is 8.43. The minimum atomic E-state index is -0.0863. The smallest absolute Gasteiger partial charge is 0.196 e. The number of carbonyl (C=O) groups is 1. The van der Waals surface area contributed by atoms with Crippen molar-refractivity contribution in [3.05, 3.63) is 23.3 Å². The second-order valence-corrected chi connectivity index (χ2v) is 2.53.